The van der Waals surface area contributed by atoms with Crippen molar-refractivity contribution in [3.05, 3.63) is 113 Å². The number of amides is 1. The van der Waals surface area contributed by atoms with Gasteiger partial charge in [-0.1, -0.05) is 35.9 Å². The van der Waals surface area contributed by atoms with E-state index in [-0.39, 0.29) is 21.7 Å². The lowest BCUT2D eigenvalue weighted by molar-refractivity contribution is 0.102. The van der Waals surface area contributed by atoms with E-state index >= 15 is 0 Å². The number of halogens is 1. The summed E-state index contributed by atoms with van der Waals surface area (Å²) in [6, 6.07) is 24.2. The first-order chi connectivity index (χ1) is 19.6. The SMILES string of the molecule is C[C@H]1Cc2cc(C(=O)Nc3ccc4c(c3)N(S(=O)(=O)c3ccc(Cl)cc3)CC4)ccc2N1S(=O)(=O)c1ccccc1. The summed E-state index contributed by atoms with van der Waals surface area (Å²) in [6.45, 7) is 2.14. The number of carbonyl (C=O) groups is 1. The van der Waals surface area contributed by atoms with Crippen molar-refractivity contribution in [1.82, 2.24) is 0 Å². The fraction of sp³-hybridized carbons (Fsp3) is 0.167. The van der Waals surface area contributed by atoms with Crippen molar-refractivity contribution in [3.8, 4) is 0 Å². The normalized spacial score (nSPS) is 16.4. The Bertz CT molecular complexity index is 1880. The summed E-state index contributed by atoms with van der Waals surface area (Å²) in [5.74, 6) is -0.380. The molecule has 8 nitrogen and oxygen atoms in total. The number of hydrogen-bond donors (Lipinski definition) is 1. The van der Waals surface area contributed by atoms with Crippen LogP contribution in [-0.2, 0) is 32.9 Å². The molecule has 0 spiro atoms. The smallest absolute Gasteiger partial charge is 0.264 e. The van der Waals surface area contributed by atoms with Gasteiger partial charge in [-0.25, -0.2) is 16.8 Å². The van der Waals surface area contributed by atoms with E-state index in [0.29, 0.717) is 47.0 Å². The quantitative estimate of drug-likeness (QED) is 0.312. The second kappa shape index (κ2) is 10.2. The molecule has 11 heteroatoms. The van der Waals surface area contributed by atoms with Gasteiger partial charge in [0, 0.05) is 28.9 Å². The van der Waals surface area contributed by atoms with Crippen LogP contribution >= 0.6 is 11.6 Å². The van der Waals surface area contributed by atoms with Gasteiger partial charge in [-0.15, -0.1) is 0 Å². The number of anilines is 3. The summed E-state index contributed by atoms with van der Waals surface area (Å²) >= 11 is 5.94. The Kier molecular flexibility index (Phi) is 6.80. The monoisotopic (exact) mass is 607 g/mol. The number of carbonyl (C=O) groups excluding carboxylic acids is 1. The molecule has 210 valence electrons. The van der Waals surface area contributed by atoms with Gasteiger partial charge in [-0.05, 0) is 97.6 Å². The molecule has 41 heavy (non-hydrogen) atoms. The highest BCUT2D eigenvalue weighted by Crippen LogP contribution is 2.38. The summed E-state index contributed by atoms with van der Waals surface area (Å²) in [7, 11) is -7.56. The Morgan fingerprint density at radius 3 is 2.24 bits per heavy atom. The average molecular weight is 608 g/mol. The minimum Gasteiger partial charge on any atom is -0.322 e. The fourth-order valence-corrected chi connectivity index (χ4v) is 8.77. The third kappa shape index (κ3) is 4.86. The fourth-order valence-electron chi connectivity index (χ4n) is 5.43. The highest BCUT2D eigenvalue weighted by atomic mass is 35.5. The molecule has 1 N–H and O–H groups in total. The van der Waals surface area contributed by atoms with E-state index in [4.69, 9.17) is 11.6 Å². The molecule has 2 aliphatic heterocycles. The van der Waals surface area contributed by atoms with Crippen LogP contribution in [-0.4, -0.2) is 35.3 Å². The van der Waals surface area contributed by atoms with Crippen molar-refractivity contribution in [2.24, 2.45) is 0 Å². The van der Waals surface area contributed by atoms with Gasteiger partial charge in [0.15, 0.2) is 0 Å². The van der Waals surface area contributed by atoms with Gasteiger partial charge in [0.05, 0.1) is 21.2 Å². The minimum absolute atomic E-state index is 0.139. The van der Waals surface area contributed by atoms with Crippen LogP contribution in [0.2, 0.25) is 5.02 Å². The lowest BCUT2D eigenvalue weighted by atomic mass is 10.1. The van der Waals surface area contributed by atoms with Crippen molar-refractivity contribution in [3.63, 3.8) is 0 Å². The highest BCUT2D eigenvalue weighted by Gasteiger charge is 2.36. The van der Waals surface area contributed by atoms with Crippen molar-refractivity contribution < 1.29 is 21.6 Å². The lowest BCUT2D eigenvalue weighted by Gasteiger charge is -2.24. The number of rotatable bonds is 6. The molecule has 0 fully saturated rings. The number of fused-ring (bicyclic) bond motifs is 2. The molecule has 4 aromatic carbocycles. The number of sulfonamides is 2. The van der Waals surface area contributed by atoms with Crippen molar-refractivity contribution >= 4 is 54.6 Å². The summed E-state index contributed by atoms with van der Waals surface area (Å²) in [5.41, 5.74) is 3.53. The Morgan fingerprint density at radius 2 is 1.51 bits per heavy atom. The number of nitrogens with one attached hydrogen (secondary N) is 1. The molecular formula is C30H26ClN3O5S2. The summed E-state index contributed by atoms with van der Waals surface area (Å²) in [6.07, 6.45) is 1.03. The molecule has 0 bridgehead atoms. The molecule has 0 saturated heterocycles. The molecule has 2 heterocycles. The van der Waals surface area contributed by atoms with Gasteiger partial charge < -0.3 is 5.32 Å². The van der Waals surface area contributed by atoms with Crippen LogP contribution in [0.4, 0.5) is 17.1 Å². The van der Waals surface area contributed by atoms with Crippen LogP contribution in [0.15, 0.2) is 101 Å². The maximum Gasteiger partial charge on any atom is 0.264 e. The summed E-state index contributed by atoms with van der Waals surface area (Å²) in [5, 5.41) is 3.31. The van der Waals surface area contributed by atoms with Crippen LogP contribution in [0.25, 0.3) is 0 Å². The maximum atomic E-state index is 13.4. The standard InChI is InChI=1S/C30H26ClN3O5S2/c1-20-17-23-18-22(8-14-28(23)34(20)41(38,39)26-5-3-2-4-6-26)30(35)32-25-11-7-21-15-16-33(29(21)19-25)40(36,37)27-12-9-24(31)10-13-27/h2-14,18-20H,15-17H2,1H3,(H,32,35)/t20-/m0/s1. The molecular weight excluding hydrogens is 582 g/mol. The molecule has 6 rings (SSSR count). The average Bonchev–Trinajstić information content (AvgIpc) is 3.54. The summed E-state index contributed by atoms with van der Waals surface area (Å²) < 4.78 is 56.1. The summed E-state index contributed by atoms with van der Waals surface area (Å²) in [4.78, 5) is 13.6. The van der Waals surface area contributed by atoms with E-state index in [9.17, 15) is 21.6 Å². The Morgan fingerprint density at radius 1 is 0.805 bits per heavy atom. The predicted octanol–water partition coefficient (Wildman–Crippen LogP) is 5.48. The highest BCUT2D eigenvalue weighted by molar-refractivity contribution is 7.93. The second-order valence-corrected chi connectivity index (χ2v) is 14.2. The third-order valence-electron chi connectivity index (χ3n) is 7.39. The van der Waals surface area contributed by atoms with Gasteiger partial charge in [-0.2, -0.15) is 0 Å². The molecule has 0 aromatic heterocycles. The van der Waals surface area contributed by atoms with Crippen LogP contribution in [0.3, 0.4) is 0 Å². The van der Waals surface area contributed by atoms with E-state index in [0.717, 1.165) is 11.1 Å². The van der Waals surface area contributed by atoms with Crippen molar-refractivity contribution in [2.75, 3.05) is 20.5 Å². The van der Waals surface area contributed by atoms with Gasteiger partial charge in [0.1, 0.15) is 0 Å². The predicted molar refractivity (Wildman–Crippen MR) is 160 cm³/mol. The van der Waals surface area contributed by atoms with Gasteiger partial charge in [0.25, 0.3) is 26.0 Å². The molecule has 1 amide bonds. The Hall–Kier alpha value is -3.86. The molecule has 1 atom stereocenters. The van der Waals surface area contributed by atoms with Crippen molar-refractivity contribution in [2.45, 2.75) is 35.6 Å². The molecule has 2 aliphatic rings. The van der Waals surface area contributed by atoms with E-state index in [1.54, 1.807) is 60.7 Å². The van der Waals surface area contributed by atoms with Gasteiger partial charge in [0.2, 0.25) is 0 Å². The Labute approximate surface area is 244 Å². The molecule has 0 saturated carbocycles. The maximum absolute atomic E-state index is 13.4. The van der Waals surface area contributed by atoms with Crippen LogP contribution in [0.5, 0.6) is 0 Å². The van der Waals surface area contributed by atoms with Gasteiger partial charge in [-0.3, -0.25) is 13.4 Å². The number of nitrogens with zero attached hydrogens (tertiary/aromatic N) is 2. The topological polar surface area (TPSA) is 104 Å². The van der Waals surface area contributed by atoms with Gasteiger partial charge >= 0.3 is 0 Å². The number of hydrogen-bond acceptors (Lipinski definition) is 5. The van der Waals surface area contributed by atoms with Crippen molar-refractivity contribution in [1.29, 1.82) is 0 Å². The largest absolute Gasteiger partial charge is 0.322 e. The first kappa shape index (κ1) is 27.3. The second-order valence-electron chi connectivity index (χ2n) is 10.1. The van der Waals surface area contributed by atoms with Crippen LogP contribution < -0.4 is 13.9 Å². The third-order valence-corrected chi connectivity index (χ3v) is 11.4. The lowest BCUT2D eigenvalue weighted by Crippen LogP contribution is -2.35. The van der Waals surface area contributed by atoms with E-state index in [2.05, 4.69) is 5.32 Å². The van der Waals surface area contributed by atoms with E-state index in [1.807, 2.05) is 13.0 Å². The zero-order valence-corrected chi connectivity index (χ0v) is 24.4. The first-order valence-corrected chi connectivity index (χ1v) is 16.3. The zero-order valence-electron chi connectivity index (χ0n) is 22.0. The molecule has 0 radical (unpaired) electrons. The van der Waals surface area contributed by atoms with Crippen LogP contribution in [0, 0.1) is 0 Å². The van der Waals surface area contributed by atoms with Crippen LogP contribution in [0.1, 0.15) is 28.4 Å². The number of benzene rings is 4. The molecule has 0 unspecified atom stereocenters. The first-order valence-electron chi connectivity index (χ1n) is 13.0. The Balaban J connectivity index is 1.24. The molecule has 4 aromatic rings. The van der Waals surface area contributed by atoms with E-state index < -0.39 is 20.0 Å². The minimum atomic E-state index is -3.81. The van der Waals surface area contributed by atoms with E-state index in [1.165, 1.54) is 32.9 Å². The molecule has 0 aliphatic carbocycles. The zero-order chi connectivity index (χ0) is 28.9.